The van der Waals surface area contributed by atoms with Crippen molar-refractivity contribution in [3.63, 3.8) is 0 Å². The molecule has 2 aromatic carbocycles. The number of methoxy groups -OCH3 is 1. The third-order valence-electron chi connectivity index (χ3n) is 5.60. The third kappa shape index (κ3) is 3.80. The van der Waals surface area contributed by atoms with Crippen LogP contribution in [0.5, 0.6) is 5.75 Å². The van der Waals surface area contributed by atoms with E-state index in [1.165, 1.54) is 28.8 Å². The molecule has 146 valence electrons. The van der Waals surface area contributed by atoms with E-state index in [2.05, 4.69) is 16.0 Å². The van der Waals surface area contributed by atoms with Gasteiger partial charge < -0.3 is 14.6 Å². The van der Waals surface area contributed by atoms with Gasteiger partial charge in [0.2, 0.25) is 0 Å². The van der Waals surface area contributed by atoms with Gasteiger partial charge in [0.05, 0.1) is 7.11 Å². The first-order chi connectivity index (χ1) is 13.7. The van der Waals surface area contributed by atoms with E-state index >= 15 is 0 Å². The molecule has 4 rings (SSSR count). The van der Waals surface area contributed by atoms with Crippen molar-refractivity contribution in [3.05, 3.63) is 65.1 Å². The van der Waals surface area contributed by atoms with E-state index in [1.807, 2.05) is 12.1 Å². The number of ketones is 1. The van der Waals surface area contributed by atoms with Gasteiger partial charge in [0.25, 0.3) is 0 Å². The highest BCUT2D eigenvalue weighted by Crippen LogP contribution is 2.33. The fourth-order valence-corrected chi connectivity index (χ4v) is 4.11. The van der Waals surface area contributed by atoms with Crippen LogP contribution in [-0.4, -0.2) is 42.4 Å². The predicted octanol–water partition coefficient (Wildman–Crippen LogP) is 4.38. The second kappa shape index (κ2) is 8.15. The molecule has 5 heteroatoms. The number of H-pyrrole nitrogens is 1. The molecular weight excluding hydrogens is 355 g/mol. The molecule has 0 spiro atoms. The van der Waals surface area contributed by atoms with Crippen molar-refractivity contribution in [2.24, 2.45) is 0 Å². The van der Waals surface area contributed by atoms with Crippen molar-refractivity contribution in [1.82, 2.24) is 9.88 Å². The molecule has 0 unspecified atom stereocenters. The smallest absolute Gasteiger partial charge is 0.162 e. The van der Waals surface area contributed by atoms with Crippen molar-refractivity contribution < 1.29 is 13.9 Å². The number of halogens is 1. The first-order valence-corrected chi connectivity index (χ1v) is 9.83. The third-order valence-corrected chi connectivity index (χ3v) is 5.60. The summed E-state index contributed by atoms with van der Waals surface area (Å²) in [5, 5.41) is 1.20. The van der Waals surface area contributed by atoms with E-state index in [0.717, 1.165) is 50.2 Å². The molecule has 0 atom stereocenters. The quantitative estimate of drug-likeness (QED) is 0.646. The van der Waals surface area contributed by atoms with Gasteiger partial charge in [0, 0.05) is 48.1 Å². The molecule has 0 fully saturated rings. The highest BCUT2D eigenvalue weighted by atomic mass is 19.1. The fourth-order valence-electron chi connectivity index (χ4n) is 4.11. The Bertz CT molecular complexity index is 978. The minimum absolute atomic E-state index is 0.0794. The number of aromatic amines is 1. The zero-order valence-electron chi connectivity index (χ0n) is 16.1. The topological polar surface area (TPSA) is 45.3 Å². The molecule has 2 heterocycles. The molecule has 0 aliphatic carbocycles. The number of rotatable bonds is 6. The van der Waals surface area contributed by atoms with Crippen LogP contribution in [0.15, 0.2) is 42.5 Å². The maximum absolute atomic E-state index is 13.0. The Morgan fingerprint density at radius 2 is 1.93 bits per heavy atom. The molecule has 0 amide bonds. The summed E-state index contributed by atoms with van der Waals surface area (Å²) in [5.41, 5.74) is 4.38. The summed E-state index contributed by atoms with van der Waals surface area (Å²) in [4.78, 5) is 18.2. The Morgan fingerprint density at radius 3 is 2.71 bits per heavy atom. The lowest BCUT2D eigenvalue weighted by Gasteiger charge is -2.19. The average Bonchev–Trinajstić information content (AvgIpc) is 2.96. The number of Topliss-reactive ketones (excluding diaryl/α,β-unsaturated/α-hetero) is 1. The number of nitrogens with one attached hydrogen (secondary N) is 1. The minimum atomic E-state index is -0.312. The van der Waals surface area contributed by atoms with E-state index in [1.54, 1.807) is 19.2 Å². The summed E-state index contributed by atoms with van der Waals surface area (Å²) in [5.74, 6) is 0.692. The SMILES string of the molecule is COc1cccc2[nH]c3c(c12)CCN(CCCC(=O)c1ccc(F)cc1)CC3. The molecule has 1 aromatic heterocycles. The Morgan fingerprint density at radius 1 is 1.14 bits per heavy atom. The molecule has 3 aromatic rings. The lowest BCUT2D eigenvalue weighted by Crippen LogP contribution is -2.28. The highest BCUT2D eigenvalue weighted by Gasteiger charge is 2.20. The molecule has 28 heavy (non-hydrogen) atoms. The lowest BCUT2D eigenvalue weighted by atomic mass is 10.1. The van der Waals surface area contributed by atoms with Crippen molar-refractivity contribution in [1.29, 1.82) is 0 Å². The molecule has 0 saturated heterocycles. The normalized spacial score (nSPS) is 14.6. The van der Waals surface area contributed by atoms with Gasteiger partial charge >= 0.3 is 0 Å². The summed E-state index contributed by atoms with van der Waals surface area (Å²) in [6.07, 6.45) is 3.25. The minimum Gasteiger partial charge on any atom is -0.496 e. The van der Waals surface area contributed by atoms with Crippen molar-refractivity contribution in [2.75, 3.05) is 26.7 Å². The number of carbonyl (C=O) groups is 1. The Balaban J connectivity index is 1.35. The second-order valence-electron chi connectivity index (χ2n) is 7.34. The van der Waals surface area contributed by atoms with E-state index < -0.39 is 0 Å². The monoisotopic (exact) mass is 380 g/mol. The van der Waals surface area contributed by atoms with E-state index in [0.29, 0.717) is 12.0 Å². The van der Waals surface area contributed by atoms with Gasteiger partial charge in [0.15, 0.2) is 5.78 Å². The molecule has 0 radical (unpaired) electrons. The van der Waals surface area contributed by atoms with Gasteiger partial charge in [-0.15, -0.1) is 0 Å². The fraction of sp³-hybridized carbons (Fsp3) is 0.348. The van der Waals surface area contributed by atoms with Gasteiger partial charge in [-0.3, -0.25) is 4.79 Å². The van der Waals surface area contributed by atoms with Crippen molar-refractivity contribution in [2.45, 2.75) is 25.7 Å². The summed E-state index contributed by atoms with van der Waals surface area (Å²) in [7, 11) is 1.72. The van der Waals surface area contributed by atoms with E-state index in [9.17, 15) is 9.18 Å². The van der Waals surface area contributed by atoms with Crippen LogP contribution in [0, 0.1) is 5.82 Å². The zero-order chi connectivity index (χ0) is 19.5. The van der Waals surface area contributed by atoms with Crippen LogP contribution in [0.25, 0.3) is 10.9 Å². The second-order valence-corrected chi connectivity index (χ2v) is 7.34. The van der Waals surface area contributed by atoms with Gasteiger partial charge in [-0.05, 0) is 61.3 Å². The van der Waals surface area contributed by atoms with Crippen LogP contribution in [-0.2, 0) is 12.8 Å². The lowest BCUT2D eigenvalue weighted by molar-refractivity contribution is 0.0975. The van der Waals surface area contributed by atoms with Gasteiger partial charge in [-0.25, -0.2) is 4.39 Å². The Labute approximate surface area is 164 Å². The number of ether oxygens (including phenoxy) is 1. The molecular formula is C23H25FN2O2. The summed E-state index contributed by atoms with van der Waals surface area (Å²) in [6.45, 7) is 2.85. The predicted molar refractivity (Wildman–Crippen MR) is 109 cm³/mol. The number of hydrogen-bond donors (Lipinski definition) is 1. The number of carbonyl (C=O) groups excluding carboxylic acids is 1. The summed E-state index contributed by atoms with van der Waals surface area (Å²) in [6, 6.07) is 11.9. The number of aromatic nitrogens is 1. The summed E-state index contributed by atoms with van der Waals surface area (Å²) < 4.78 is 18.6. The first kappa shape index (κ1) is 18.7. The maximum atomic E-state index is 13.0. The number of nitrogens with zero attached hydrogens (tertiary/aromatic N) is 1. The van der Waals surface area contributed by atoms with Crippen molar-refractivity contribution in [3.8, 4) is 5.75 Å². The first-order valence-electron chi connectivity index (χ1n) is 9.83. The number of benzene rings is 2. The van der Waals surface area contributed by atoms with Gasteiger partial charge in [-0.2, -0.15) is 0 Å². The van der Waals surface area contributed by atoms with Gasteiger partial charge in [-0.1, -0.05) is 6.07 Å². The standard InChI is InChI=1S/C23H25FN2O2/c1-28-22-6-2-4-20-23(22)18-11-14-26(15-12-19(18)25-20)13-3-5-21(27)16-7-9-17(24)10-8-16/h2,4,6-10,25H,3,5,11-15H2,1H3. The summed E-state index contributed by atoms with van der Waals surface area (Å²) >= 11 is 0. The van der Waals surface area contributed by atoms with Gasteiger partial charge in [0.1, 0.15) is 11.6 Å². The number of hydrogen-bond acceptors (Lipinski definition) is 3. The van der Waals surface area contributed by atoms with Crippen LogP contribution < -0.4 is 4.74 Å². The molecule has 4 nitrogen and oxygen atoms in total. The van der Waals surface area contributed by atoms with E-state index in [4.69, 9.17) is 4.74 Å². The Kier molecular flexibility index (Phi) is 5.44. The zero-order valence-corrected chi connectivity index (χ0v) is 16.1. The largest absolute Gasteiger partial charge is 0.496 e. The molecule has 1 N–H and O–H groups in total. The van der Waals surface area contributed by atoms with Crippen LogP contribution >= 0.6 is 0 Å². The van der Waals surface area contributed by atoms with Crippen LogP contribution in [0.2, 0.25) is 0 Å². The molecule has 0 bridgehead atoms. The van der Waals surface area contributed by atoms with Crippen LogP contribution in [0.4, 0.5) is 4.39 Å². The maximum Gasteiger partial charge on any atom is 0.162 e. The molecule has 1 aliphatic heterocycles. The number of fused-ring (bicyclic) bond motifs is 3. The molecule has 1 aliphatic rings. The highest BCUT2D eigenvalue weighted by molar-refractivity contribution is 5.96. The van der Waals surface area contributed by atoms with Crippen LogP contribution in [0.1, 0.15) is 34.5 Å². The molecule has 0 saturated carbocycles. The average molecular weight is 380 g/mol. The van der Waals surface area contributed by atoms with Crippen LogP contribution in [0.3, 0.4) is 0 Å². The van der Waals surface area contributed by atoms with E-state index in [-0.39, 0.29) is 11.6 Å². The Hall–Kier alpha value is -2.66. The van der Waals surface area contributed by atoms with Crippen molar-refractivity contribution >= 4 is 16.7 Å².